The Balaban J connectivity index is 2.19. The van der Waals surface area contributed by atoms with E-state index in [-0.39, 0.29) is 17.9 Å². The quantitative estimate of drug-likeness (QED) is 0.697. The van der Waals surface area contributed by atoms with Gasteiger partial charge >= 0.3 is 0 Å². The Morgan fingerprint density at radius 3 is 3.06 bits per heavy atom. The number of methoxy groups -OCH3 is 1. The Morgan fingerprint density at radius 2 is 2.41 bits per heavy atom. The highest BCUT2D eigenvalue weighted by molar-refractivity contribution is 5.78. The van der Waals surface area contributed by atoms with E-state index in [1.54, 1.807) is 7.11 Å². The van der Waals surface area contributed by atoms with Crippen molar-refractivity contribution in [2.75, 3.05) is 33.5 Å². The molecule has 100 valence electrons. The van der Waals surface area contributed by atoms with Crippen LogP contribution >= 0.6 is 0 Å². The lowest BCUT2D eigenvalue weighted by atomic mass is 9.89. The lowest BCUT2D eigenvalue weighted by Gasteiger charge is -2.27. The van der Waals surface area contributed by atoms with Crippen LogP contribution < -0.4 is 11.1 Å². The van der Waals surface area contributed by atoms with E-state index in [2.05, 4.69) is 12.2 Å². The normalized spacial score (nSPS) is 26.5. The molecule has 1 saturated heterocycles. The Kier molecular flexibility index (Phi) is 6.47. The van der Waals surface area contributed by atoms with Crippen molar-refractivity contribution in [3.63, 3.8) is 0 Å². The van der Waals surface area contributed by atoms with Crippen molar-refractivity contribution in [1.29, 1.82) is 0 Å². The van der Waals surface area contributed by atoms with Gasteiger partial charge in [-0.1, -0.05) is 6.92 Å². The third kappa shape index (κ3) is 5.02. The van der Waals surface area contributed by atoms with Gasteiger partial charge in [0.15, 0.2) is 0 Å². The lowest BCUT2D eigenvalue weighted by Crippen LogP contribution is -2.40. The minimum atomic E-state index is -0.00703. The van der Waals surface area contributed by atoms with Crippen molar-refractivity contribution in [2.24, 2.45) is 17.6 Å². The summed E-state index contributed by atoms with van der Waals surface area (Å²) < 4.78 is 10.3. The van der Waals surface area contributed by atoms with Gasteiger partial charge in [0, 0.05) is 38.8 Å². The number of nitrogens with two attached hydrogens (primary N) is 1. The van der Waals surface area contributed by atoms with E-state index in [1.165, 1.54) is 0 Å². The smallest absolute Gasteiger partial charge is 0.223 e. The summed E-state index contributed by atoms with van der Waals surface area (Å²) in [5.74, 6) is 0.518. The fourth-order valence-electron chi connectivity index (χ4n) is 2.08. The largest absolute Gasteiger partial charge is 0.383 e. The Bertz CT molecular complexity index is 236. The van der Waals surface area contributed by atoms with Gasteiger partial charge in [-0.25, -0.2) is 0 Å². The van der Waals surface area contributed by atoms with E-state index in [0.29, 0.717) is 32.3 Å². The van der Waals surface area contributed by atoms with Crippen LogP contribution in [0.15, 0.2) is 0 Å². The number of carbonyl (C=O) groups is 1. The topological polar surface area (TPSA) is 73.6 Å². The Morgan fingerprint density at radius 1 is 1.65 bits per heavy atom. The van der Waals surface area contributed by atoms with Gasteiger partial charge in [0.1, 0.15) is 0 Å². The molecule has 0 aromatic rings. The number of hydrogen-bond acceptors (Lipinski definition) is 4. The monoisotopic (exact) mass is 244 g/mol. The Labute approximate surface area is 103 Å². The summed E-state index contributed by atoms with van der Waals surface area (Å²) in [5, 5.41) is 2.94. The summed E-state index contributed by atoms with van der Waals surface area (Å²) in [5.41, 5.74) is 5.78. The summed E-state index contributed by atoms with van der Waals surface area (Å²) in [4.78, 5) is 11.9. The second-order valence-corrected chi connectivity index (χ2v) is 4.74. The van der Waals surface area contributed by atoms with E-state index in [0.717, 1.165) is 12.8 Å². The summed E-state index contributed by atoms with van der Waals surface area (Å²) in [7, 11) is 1.63. The maximum atomic E-state index is 11.9. The molecule has 1 aliphatic heterocycles. The van der Waals surface area contributed by atoms with E-state index >= 15 is 0 Å². The first-order valence-corrected chi connectivity index (χ1v) is 6.25. The summed E-state index contributed by atoms with van der Waals surface area (Å²) >= 11 is 0. The molecule has 17 heavy (non-hydrogen) atoms. The first kappa shape index (κ1) is 14.4. The van der Waals surface area contributed by atoms with Gasteiger partial charge in [0.25, 0.3) is 0 Å². The second-order valence-electron chi connectivity index (χ2n) is 4.74. The van der Waals surface area contributed by atoms with Crippen LogP contribution in [0.1, 0.15) is 19.8 Å². The van der Waals surface area contributed by atoms with Gasteiger partial charge in [-0.3, -0.25) is 4.79 Å². The molecule has 0 spiro atoms. The summed E-state index contributed by atoms with van der Waals surface area (Å²) in [6.07, 6.45) is 1.56. The van der Waals surface area contributed by atoms with Crippen molar-refractivity contribution < 1.29 is 14.3 Å². The first-order chi connectivity index (χ1) is 8.15. The molecular formula is C12H24N2O3. The molecule has 3 N–H and O–H groups in total. The SMILES string of the molecule is COCC(N)CCNC(=O)C1CCOCC1C. The maximum Gasteiger partial charge on any atom is 0.223 e. The van der Waals surface area contributed by atoms with Crippen LogP contribution in [0.2, 0.25) is 0 Å². The number of amides is 1. The molecule has 1 aliphatic rings. The molecule has 1 fully saturated rings. The van der Waals surface area contributed by atoms with Crippen molar-refractivity contribution in [3.05, 3.63) is 0 Å². The standard InChI is InChI=1S/C12H24N2O3/c1-9-7-17-6-4-11(9)12(15)14-5-3-10(13)8-16-2/h9-11H,3-8,13H2,1-2H3,(H,14,15). The highest BCUT2D eigenvalue weighted by atomic mass is 16.5. The van der Waals surface area contributed by atoms with Gasteiger partial charge < -0.3 is 20.5 Å². The van der Waals surface area contributed by atoms with E-state index < -0.39 is 0 Å². The molecular weight excluding hydrogens is 220 g/mol. The van der Waals surface area contributed by atoms with Crippen LogP contribution in [0, 0.1) is 11.8 Å². The highest BCUT2D eigenvalue weighted by Gasteiger charge is 2.27. The molecule has 5 nitrogen and oxygen atoms in total. The minimum Gasteiger partial charge on any atom is -0.383 e. The number of ether oxygens (including phenoxy) is 2. The van der Waals surface area contributed by atoms with Crippen LogP contribution in [0.25, 0.3) is 0 Å². The first-order valence-electron chi connectivity index (χ1n) is 6.25. The van der Waals surface area contributed by atoms with Gasteiger partial charge in [0.05, 0.1) is 6.61 Å². The maximum absolute atomic E-state index is 11.9. The molecule has 1 amide bonds. The Hall–Kier alpha value is -0.650. The van der Waals surface area contributed by atoms with Crippen molar-refractivity contribution in [1.82, 2.24) is 5.32 Å². The minimum absolute atomic E-state index is 0.00703. The van der Waals surface area contributed by atoms with Gasteiger partial charge in [-0.2, -0.15) is 0 Å². The molecule has 0 aromatic carbocycles. The van der Waals surface area contributed by atoms with Crippen molar-refractivity contribution in [2.45, 2.75) is 25.8 Å². The molecule has 0 radical (unpaired) electrons. The molecule has 0 saturated carbocycles. The third-order valence-electron chi connectivity index (χ3n) is 3.17. The summed E-state index contributed by atoms with van der Waals surface area (Å²) in [6, 6.07) is -0.00703. The molecule has 5 heteroatoms. The summed E-state index contributed by atoms with van der Waals surface area (Å²) in [6.45, 7) is 4.57. The van der Waals surface area contributed by atoms with E-state index in [1.807, 2.05) is 0 Å². The number of rotatable bonds is 6. The lowest BCUT2D eigenvalue weighted by molar-refractivity contribution is -0.130. The molecule has 1 rings (SSSR count). The van der Waals surface area contributed by atoms with Crippen LogP contribution in [0.5, 0.6) is 0 Å². The number of hydrogen-bond donors (Lipinski definition) is 2. The average Bonchev–Trinajstić information content (AvgIpc) is 2.29. The fourth-order valence-corrected chi connectivity index (χ4v) is 2.08. The molecule has 3 atom stereocenters. The molecule has 0 aliphatic carbocycles. The van der Waals surface area contributed by atoms with E-state index in [9.17, 15) is 4.79 Å². The zero-order valence-corrected chi connectivity index (χ0v) is 10.8. The van der Waals surface area contributed by atoms with Crippen molar-refractivity contribution >= 4 is 5.91 Å². The zero-order valence-electron chi connectivity index (χ0n) is 10.8. The molecule has 0 bridgehead atoms. The molecule has 1 heterocycles. The molecule has 0 aromatic heterocycles. The van der Waals surface area contributed by atoms with Crippen LogP contribution in [-0.4, -0.2) is 45.4 Å². The average molecular weight is 244 g/mol. The van der Waals surface area contributed by atoms with Gasteiger partial charge in [-0.15, -0.1) is 0 Å². The predicted octanol–water partition coefficient (Wildman–Crippen LogP) is 0.139. The highest BCUT2D eigenvalue weighted by Crippen LogP contribution is 2.21. The van der Waals surface area contributed by atoms with Crippen LogP contribution in [0.4, 0.5) is 0 Å². The van der Waals surface area contributed by atoms with Crippen LogP contribution in [-0.2, 0) is 14.3 Å². The number of nitrogens with one attached hydrogen (secondary N) is 1. The van der Waals surface area contributed by atoms with Gasteiger partial charge in [-0.05, 0) is 18.8 Å². The van der Waals surface area contributed by atoms with Gasteiger partial charge in [0.2, 0.25) is 5.91 Å². The van der Waals surface area contributed by atoms with Crippen LogP contribution in [0.3, 0.4) is 0 Å². The third-order valence-corrected chi connectivity index (χ3v) is 3.17. The zero-order chi connectivity index (χ0) is 12.7. The van der Waals surface area contributed by atoms with Crippen molar-refractivity contribution in [3.8, 4) is 0 Å². The predicted molar refractivity (Wildman–Crippen MR) is 65.6 cm³/mol. The number of carbonyl (C=O) groups excluding carboxylic acids is 1. The second kappa shape index (κ2) is 7.63. The van der Waals surface area contributed by atoms with E-state index in [4.69, 9.17) is 15.2 Å². The fraction of sp³-hybridized carbons (Fsp3) is 0.917. The molecule has 3 unspecified atom stereocenters.